The zero-order valence-electron chi connectivity index (χ0n) is 12.3. The predicted octanol–water partition coefficient (Wildman–Crippen LogP) is 4.33. The van der Waals surface area contributed by atoms with Gasteiger partial charge in [-0.2, -0.15) is 0 Å². The summed E-state index contributed by atoms with van der Waals surface area (Å²) in [5.74, 6) is 0.910. The van der Waals surface area contributed by atoms with Crippen LogP contribution in [0.2, 0.25) is 0 Å². The van der Waals surface area contributed by atoms with Crippen LogP contribution < -0.4 is 10.1 Å². The Hall–Kier alpha value is -0.800. The number of rotatable bonds is 7. The molecule has 0 spiro atoms. The second kappa shape index (κ2) is 8.39. The standard InChI is InChI=1S/C16H24BrNO/c1-12(2)18-9-5-6-13(3)10-14-11-15(19-4)7-8-16(14)17/h6-8,11-12,18H,5,9-10H2,1-4H3. The lowest BCUT2D eigenvalue weighted by atomic mass is 10.1. The zero-order valence-corrected chi connectivity index (χ0v) is 13.9. The lowest BCUT2D eigenvalue weighted by Crippen LogP contribution is -2.23. The summed E-state index contributed by atoms with van der Waals surface area (Å²) < 4.78 is 6.41. The molecule has 19 heavy (non-hydrogen) atoms. The minimum absolute atomic E-state index is 0.557. The van der Waals surface area contributed by atoms with Crippen molar-refractivity contribution in [3.05, 3.63) is 39.9 Å². The average molecular weight is 326 g/mol. The van der Waals surface area contributed by atoms with E-state index in [9.17, 15) is 0 Å². The van der Waals surface area contributed by atoms with Crippen LogP contribution in [0, 0.1) is 0 Å². The van der Waals surface area contributed by atoms with Crippen LogP contribution in [-0.2, 0) is 6.42 Å². The molecule has 0 atom stereocenters. The van der Waals surface area contributed by atoms with Crippen molar-refractivity contribution in [1.29, 1.82) is 0 Å². The highest BCUT2D eigenvalue weighted by Crippen LogP contribution is 2.24. The number of nitrogens with one attached hydrogen (secondary N) is 1. The third kappa shape index (κ3) is 6.26. The molecule has 2 nitrogen and oxygen atoms in total. The molecular formula is C16H24BrNO. The van der Waals surface area contributed by atoms with Crippen LogP contribution in [-0.4, -0.2) is 19.7 Å². The highest BCUT2D eigenvalue weighted by molar-refractivity contribution is 9.10. The Morgan fingerprint density at radius 1 is 1.42 bits per heavy atom. The van der Waals surface area contributed by atoms with Crippen molar-refractivity contribution in [1.82, 2.24) is 5.32 Å². The predicted molar refractivity (Wildman–Crippen MR) is 85.9 cm³/mol. The lowest BCUT2D eigenvalue weighted by Gasteiger charge is -2.09. The van der Waals surface area contributed by atoms with Gasteiger partial charge in [0.1, 0.15) is 5.75 Å². The van der Waals surface area contributed by atoms with Crippen LogP contribution in [0.5, 0.6) is 5.75 Å². The first-order chi connectivity index (χ1) is 9.02. The monoisotopic (exact) mass is 325 g/mol. The molecule has 1 N–H and O–H groups in total. The van der Waals surface area contributed by atoms with E-state index in [1.165, 1.54) is 11.1 Å². The van der Waals surface area contributed by atoms with E-state index < -0.39 is 0 Å². The minimum Gasteiger partial charge on any atom is -0.497 e. The molecular weight excluding hydrogens is 302 g/mol. The Kier molecular flexibility index (Phi) is 7.17. The number of allylic oxidation sites excluding steroid dienone is 1. The van der Waals surface area contributed by atoms with E-state index in [2.05, 4.69) is 54.2 Å². The van der Waals surface area contributed by atoms with Gasteiger partial charge in [-0.1, -0.05) is 41.4 Å². The van der Waals surface area contributed by atoms with Crippen LogP contribution >= 0.6 is 15.9 Å². The van der Waals surface area contributed by atoms with Crippen molar-refractivity contribution in [3.8, 4) is 5.75 Å². The third-order valence-corrected chi connectivity index (χ3v) is 3.69. The molecule has 0 aliphatic carbocycles. The molecule has 0 radical (unpaired) electrons. The van der Waals surface area contributed by atoms with Gasteiger partial charge in [-0.05, 0) is 50.1 Å². The number of hydrogen-bond donors (Lipinski definition) is 1. The first kappa shape index (κ1) is 16.3. The summed E-state index contributed by atoms with van der Waals surface area (Å²) in [6.07, 6.45) is 4.34. The van der Waals surface area contributed by atoms with E-state index in [-0.39, 0.29) is 0 Å². The number of hydrogen-bond acceptors (Lipinski definition) is 2. The van der Waals surface area contributed by atoms with Crippen LogP contribution in [0.3, 0.4) is 0 Å². The fourth-order valence-corrected chi connectivity index (χ4v) is 2.26. The lowest BCUT2D eigenvalue weighted by molar-refractivity contribution is 0.414. The van der Waals surface area contributed by atoms with Gasteiger partial charge in [0.05, 0.1) is 7.11 Å². The molecule has 1 aromatic rings. The van der Waals surface area contributed by atoms with E-state index in [0.29, 0.717) is 6.04 Å². The Morgan fingerprint density at radius 2 is 2.16 bits per heavy atom. The Labute approximate surface area is 125 Å². The normalized spacial score (nSPS) is 12.0. The fraction of sp³-hybridized carbons (Fsp3) is 0.500. The quantitative estimate of drug-likeness (QED) is 0.595. The van der Waals surface area contributed by atoms with Crippen LogP contribution in [0.15, 0.2) is 34.3 Å². The Bertz CT molecular complexity index is 427. The maximum absolute atomic E-state index is 5.27. The van der Waals surface area contributed by atoms with Crippen molar-refractivity contribution in [2.45, 2.75) is 39.7 Å². The second-order valence-electron chi connectivity index (χ2n) is 5.08. The van der Waals surface area contributed by atoms with Gasteiger partial charge in [0.2, 0.25) is 0 Å². The van der Waals surface area contributed by atoms with Crippen molar-refractivity contribution < 1.29 is 4.74 Å². The van der Waals surface area contributed by atoms with Gasteiger partial charge in [0.25, 0.3) is 0 Å². The van der Waals surface area contributed by atoms with Gasteiger partial charge in [0.15, 0.2) is 0 Å². The molecule has 0 bridgehead atoms. The first-order valence-corrected chi connectivity index (χ1v) is 7.53. The molecule has 0 saturated heterocycles. The molecule has 0 unspecified atom stereocenters. The van der Waals surface area contributed by atoms with E-state index >= 15 is 0 Å². The summed E-state index contributed by atoms with van der Waals surface area (Å²) in [6.45, 7) is 7.56. The summed E-state index contributed by atoms with van der Waals surface area (Å²) in [4.78, 5) is 0. The summed E-state index contributed by atoms with van der Waals surface area (Å²) in [7, 11) is 1.70. The van der Waals surface area contributed by atoms with Gasteiger partial charge in [-0.15, -0.1) is 0 Å². The van der Waals surface area contributed by atoms with E-state index in [4.69, 9.17) is 4.74 Å². The summed E-state index contributed by atoms with van der Waals surface area (Å²) >= 11 is 3.59. The highest BCUT2D eigenvalue weighted by Gasteiger charge is 2.03. The van der Waals surface area contributed by atoms with Gasteiger partial charge in [-0.3, -0.25) is 0 Å². The van der Waals surface area contributed by atoms with Crippen LogP contribution in [0.1, 0.15) is 32.8 Å². The van der Waals surface area contributed by atoms with E-state index in [0.717, 1.165) is 29.6 Å². The number of methoxy groups -OCH3 is 1. The summed E-state index contributed by atoms with van der Waals surface area (Å²) in [5, 5.41) is 3.42. The number of halogens is 1. The summed E-state index contributed by atoms with van der Waals surface area (Å²) in [5.41, 5.74) is 2.66. The Balaban J connectivity index is 2.55. The SMILES string of the molecule is COc1ccc(Br)c(CC(C)=CCCNC(C)C)c1. The fourth-order valence-electron chi connectivity index (χ4n) is 1.88. The molecule has 0 aliphatic rings. The highest BCUT2D eigenvalue weighted by atomic mass is 79.9. The minimum atomic E-state index is 0.557. The molecule has 0 aromatic heterocycles. The van der Waals surface area contributed by atoms with Crippen LogP contribution in [0.4, 0.5) is 0 Å². The average Bonchev–Trinajstić information content (AvgIpc) is 2.37. The Morgan fingerprint density at radius 3 is 2.79 bits per heavy atom. The molecule has 0 aliphatic heterocycles. The molecule has 0 amide bonds. The molecule has 0 saturated carbocycles. The largest absolute Gasteiger partial charge is 0.497 e. The maximum atomic E-state index is 5.27. The number of benzene rings is 1. The van der Waals surface area contributed by atoms with Gasteiger partial charge in [0, 0.05) is 10.5 Å². The first-order valence-electron chi connectivity index (χ1n) is 6.74. The maximum Gasteiger partial charge on any atom is 0.119 e. The molecule has 1 rings (SSSR count). The molecule has 106 valence electrons. The molecule has 3 heteroatoms. The summed E-state index contributed by atoms with van der Waals surface area (Å²) in [6, 6.07) is 6.66. The second-order valence-corrected chi connectivity index (χ2v) is 5.94. The van der Waals surface area contributed by atoms with Crippen molar-refractivity contribution in [2.75, 3.05) is 13.7 Å². The zero-order chi connectivity index (χ0) is 14.3. The van der Waals surface area contributed by atoms with Gasteiger partial charge in [-0.25, -0.2) is 0 Å². The van der Waals surface area contributed by atoms with Crippen molar-refractivity contribution >= 4 is 15.9 Å². The van der Waals surface area contributed by atoms with Gasteiger partial charge >= 0.3 is 0 Å². The molecule has 0 heterocycles. The smallest absolute Gasteiger partial charge is 0.119 e. The third-order valence-electron chi connectivity index (χ3n) is 2.91. The van der Waals surface area contributed by atoms with Crippen molar-refractivity contribution in [2.24, 2.45) is 0 Å². The van der Waals surface area contributed by atoms with E-state index in [1.807, 2.05) is 12.1 Å². The van der Waals surface area contributed by atoms with Gasteiger partial charge < -0.3 is 10.1 Å². The van der Waals surface area contributed by atoms with Crippen molar-refractivity contribution in [3.63, 3.8) is 0 Å². The number of ether oxygens (including phenoxy) is 1. The molecule has 0 fully saturated rings. The topological polar surface area (TPSA) is 21.3 Å². The van der Waals surface area contributed by atoms with Crippen LogP contribution in [0.25, 0.3) is 0 Å². The van der Waals surface area contributed by atoms with E-state index in [1.54, 1.807) is 7.11 Å². The molecule has 1 aromatic carbocycles.